The standard InChI is InChI=1S/C7H10N4O2/c1-2-13-6(12)5(3-8)4-11-7(9)10/h4H,2H2,1H3,(H4,9,10,11)/b5-4+. The number of carbonyl (C=O) groups is 1. The summed E-state index contributed by atoms with van der Waals surface area (Å²) in [5, 5.41) is 8.47. The molecule has 0 aromatic rings. The normalized spacial score (nSPS) is 10.0. The van der Waals surface area contributed by atoms with Gasteiger partial charge in [-0.05, 0) is 6.92 Å². The molecule has 0 aromatic heterocycles. The number of carbonyl (C=O) groups excluding carboxylic acids is 1. The van der Waals surface area contributed by atoms with Crippen LogP contribution < -0.4 is 11.5 Å². The van der Waals surface area contributed by atoms with Crippen LogP contribution in [-0.4, -0.2) is 18.5 Å². The third kappa shape index (κ3) is 4.42. The summed E-state index contributed by atoms with van der Waals surface area (Å²) < 4.78 is 4.55. The highest BCUT2D eigenvalue weighted by Crippen LogP contribution is 1.96. The third-order valence-electron chi connectivity index (χ3n) is 0.959. The van der Waals surface area contributed by atoms with Gasteiger partial charge >= 0.3 is 5.97 Å². The number of ether oxygens (including phenoxy) is 1. The molecule has 0 unspecified atom stereocenters. The number of hydrogen-bond acceptors (Lipinski definition) is 4. The Morgan fingerprint density at radius 1 is 1.69 bits per heavy atom. The molecule has 0 atom stereocenters. The quantitative estimate of drug-likeness (QED) is 0.195. The summed E-state index contributed by atoms with van der Waals surface area (Å²) in [6.07, 6.45) is 0.966. The van der Waals surface area contributed by atoms with Gasteiger partial charge in [0.05, 0.1) is 12.8 Å². The molecular weight excluding hydrogens is 172 g/mol. The van der Waals surface area contributed by atoms with Crippen LogP contribution in [0.2, 0.25) is 0 Å². The SMILES string of the molecule is CCOC(=O)/C(C#N)=C/N=C(N)N. The minimum Gasteiger partial charge on any atom is -0.462 e. The molecule has 0 saturated heterocycles. The van der Waals surface area contributed by atoms with E-state index in [9.17, 15) is 4.79 Å². The number of aliphatic imine (C=N–C) groups is 1. The van der Waals surface area contributed by atoms with E-state index in [2.05, 4.69) is 9.73 Å². The zero-order chi connectivity index (χ0) is 10.3. The highest BCUT2D eigenvalue weighted by atomic mass is 16.5. The minimum atomic E-state index is -0.741. The molecule has 0 radical (unpaired) electrons. The summed E-state index contributed by atoms with van der Waals surface area (Å²) in [5.74, 6) is -0.966. The predicted octanol–water partition coefficient (Wildman–Crippen LogP) is -0.770. The maximum atomic E-state index is 10.9. The lowest BCUT2D eigenvalue weighted by Gasteiger charge is -1.97. The molecule has 0 aliphatic heterocycles. The van der Waals surface area contributed by atoms with Crippen LogP contribution in [0.3, 0.4) is 0 Å². The Balaban J connectivity index is 4.53. The molecule has 0 spiro atoms. The Morgan fingerprint density at radius 2 is 2.31 bits per heavy atom. The number of rotatable bonds is 3. The van der Waals surface area contributed by atoms with Crippen molar-refractivity contribution in [1.29, 1.82) is 5.26 Å². The lowest BCUT2D eigenvalue weighted by molar-refractivity contribution is -0.138. The fourth-order valence-corrected chi connectivity index (χ4v) is 0.475. The average molecular weight is 182 g/mol. The Bertz CT molecular complexity index is 283. The van der Waals surface area contributed by atoms with Crippen molar-refractivity contribution in [2.45, 2.75) is 6.92 Å². The van der Waals surface area contributed by atoms with E-state index in [0.29, 0.717) is 0 Å². The second-order valence-electron chi connectivity index (χ2n) is 1.93. The Kier molecular flexibility index (Phi) is 4.72. The maximum absolute atomic E-state index is 10.9. The molecule has 0 amide bonds. The molecular formula is C7H10N4O2. The van der Waals surface area contributed by atoms with E-state index in [1.54, 1.807) is 13.0 Å². The van der Waals surface area contributed by atoms with Crippen LogP contribution in [0, 0.1) is 11.3 Å². The number of nitrogens with zero attached hydrogens (tertiary/aromatic N) is 2. The highest BCUT2D eigenvalue weighted by molar-refractivity contribution is 5.93. The van der Waals surface area contributed by atoms with Gasteiger partial charge in [-0.3, -0.25) is 0 Å². The molecule has 70 valence electrons. The van der Waals surface area contributed by atoms with Gasteiger partial charge < -0.3 is 16.2 Å². The number of hydrogen-bond donors (Lipinski definition) is 2. The van der Waals surface area contributed by atoms with E-state index in [1.807, 2.05) is 0 Å². The summed E-state index contributed by atoms with van der Waals surface area (Å²) in [4.78, 5) is 14.3. The fourth-order valence-electron chi connectivity index (χ4n) is 0.475. The first-order chi connectivity index (χ1) is 6.11. The van der Waals surface area contributed by atoms with Crippen molar-refractivity contribution in [3.8, 4) is 6.07 Å². The van der Waals surface area contributed by atoms with E-state index in [4.69, 9.17) is 16.7 Å². The van der Waals surface area contributed by atoms with E-state index in [1.165, 1.54) is 0 Å². The van der Waals surface area contributed by atoms with Crippen LogP contribution in [0.1, 0.15) is 6.92 Å². The molecule has 13 heavy (non-hydrogen) atoms. The van der Waals surface area contributed by atoms with Gasteiger partial charge in [-0.1, -0.05) is 0 Å². The molecule has 0 aliphatic carbocycles. The second-order valence-corrected chi connectivity index (χ2v) is 1.93. The fraction of sp³-hybridized carbons (Fsp3) is 0.286. The Labute approximate surface area is 75.5 Å². The molecule has 4 N–H and O–H groups in total. The number of nitrogens with two attached hydrogens (primary N) is 2. The van der Waals surface area contributed by atoms with Crippen LogP contribution in [0.4, 0.5) is 0 Å². The van der Waals surface area contributed by atoms with Crippen molar-refractivity contribution in [3.63, 3.8) is 0 Å². The van der Waals surface area contributed by atoms with Crippen molar-refractivity contribution >= 4 is 11.9 Å². The zero-order valence-electron chi connectivity index (χ0n) is 7.15. The predicted molar refractivity (Wildman–Crippen MR) is 46.1 cm³/mol. The van der Waals surface area contributed by atoms with Crippen molar-refractivity contribution in [3.05, 3.63) is 11.8 Å². The summed E-state index contributed by atoms with van der Waals surface area (Å²) in [6.45, 7) is 1.83. The third-order valence-corrected chi connectivity index (χ3v) is 0.959. The minimum absolute atomic E-state index is 0.194. The van der Waals surface area contributed by atoms with Gasteiger partial charge in [0.1, 0.15) is 6.07 Å². The molecule has 0 saturated carbocycles. The summed E-state index contributed by atoms with van der Waals surface area (Å²) in [6, 6.07) is 1.61. The van der Waals surface area contributed by atoms with E-state index in [-0.39, 0.29) is 18.1 Å². The first-order valence-corrected chi connectivity index (χ1v) is 3.48. The number of guanidine groups is 1. The van der Waals surface area contributed by atoms with Gasteiger partial charge in [0, 0.05) is 0 Å². The largest absolute Gasteiger partial charge is 0.462 e. The Morgan fingerprint density at radius 3 is 2.69 bits per heavy atom. The van der Waals surface area contributed by atoms with Gasteiger partial charge in [-0.25, -0.2) is 9.79 Å². The maximum Gasteiger partial charge on any atom is 0.350 e. The van der Waals surface area contributed by atoms with E-state index < -0.39 is 5.97 Å². The second kappa shape index (κ2) is 5.60. The lowest BCUT2D eigenvalue weighted by Crippen LogP contribution is -2.22. The smallest absolute Gasteiger partial charge is 0.350 e. The Hall–Kier alpha value is -2.03. The van der Waals surface area contributed by atoms with Crippen molar-refractivity contribution in [2.24, 2.45) is 16.5 Å². The van der Waals surface area contributed by atoms with Gasteiger partial charge in [0.15, 0.2) is 11.5 Å². The summed E-state index contributed by atoms with van der Waals surface area (Å²) in [7, 11) is 0. The topological polar surface area (TPSA) is 114 Å². The first kappa shape index (κ1) is 11.0. The van der Waals surface area contributed by atoms with Crippen LogP contribution in [0.15, 0.2) is 16.8 Å². The van der Waals surface area contributed by atoms with Crippen molar-refractivity contribution < 1.29 is 9.53 Å². The van der Waals surface area contributed by atoms with Gasteiger partial charge in [0.2, 0.25) is 0 Å². The van der Waals surface area contributed by atoms with Crippen molar-refractivity contribution in [1.82, 2.24) is 0 Å². The lowest BCUT2D eigenvalue weighted by atomic mass is 10.3. The average Bonchev–Trinajstić information content (AvgIpc) is 2.05. The molecule has 0 heterocycles. The van der Waals surface area contributed by atoms with Crippen LogP contribution in [-0.2, 0) is 9.53 Å². The van der Waals surface area contributed by atoms with Gasteiger partial charge in [-0.15, -0.1) is 0 Å². The number of nitriles is 1. The highest BCUT2D eigenvalue weighted by Gasteiger charge is 2.08. The first-order valence-electron chi connectivity index (χ1n) is 3.48. The van der Waals surface area contributed by atoms with Gasteiger partial charge in [-0.2, -0.15) is 5.26 Å². The molecule has 6 nitrogen and oxygen atoms in total. The summed E-state index contributed by atoms with van der Waals surface area (Å²) in [5.41, 5.74) is 9.74. The van der Waals surface area contributed by atoms with Crippen molar-refractivity contribution in [2.75, 3.05) is 6.61 Å². The molecule has 0 aromatic carbocycles. The van der Waals surface area contributed by atoms with Gasteiger partial charge in [0.25, 0.3) is 0 Å². The molecule has 0 fully saturated rings. The molecule has 6 heteroatoms. The van der Waals surface area contributed by atoms with E-state index in [0.717, 1.165) is 6.20 Å². The summed E-state index contributed by atoms with van der Waals surface area (Å²) >= 11 is 0. The van der Waals surface area contributed by atoms with Crippen LogP contribution >= 0.6 is 0 Å². The van der Waals surface area contributed by atoms with Crippen LogP contribution in [0.25, 0.3) is 0 Å². The molecule has 0 bridgehead atoms. The molecule has 0 aliphatic rings. The zero-order valence-corrected chi connectivity index (χ0v) is 7.15. The monoisotopic (exact) mass is 182 g/mol. The van der Waals surface area contributed by atoms with Crippen LogP contribution in [0.5, 0.6) is 0 Å². The number of esters is 1. The van der Waals surface area contributed by atoms with E-state index >= 15 is 0 Å². The molecule has 0 rings (SSSR count).